The second-order valence-electron chi connectivity index (χ2n) is 6.88. The lowest BCUT2D eigenvalue weighted by molar-refractivity contribution is 0.281. The van der Waals surface area contributed by atoms with Gasteiger partial charge in [0.15, 0.2) is 11.5 Å². The topological polar surface area (TPSA) is 21.7 Å². The third kappa shape index (κ3) is 4.99. The quantitative estimate of drug-likeness (QED) is 0.552. The fourth-order valence-electron chi connectivity index (χ4n) is 3.11. The summed E-state index contributed by atoms with van der Waals surface area (Å²) in [5.74, 6) is 1.73. The van der Waals surface area contributed by atoms with E-state index in [-0.39, 0.29) is 5.82 Å². The minimum atomic E-state index is -0.262. The van der Waals surface area contributed by atoms with Crippen molar-refractivity contribution in [1.29, 1.82) is 0 Å². The first-order valence-corrected chi connectivity index (χ1v) is 10.2. The van der Waals surface area contributed by atoms with E-state index in [1.165, 1.54) is 12.1 Å². The van der Waals surface area contributed by atoms with E-state index in [0.29, 0.717) is 18.1 Å². The summed E-state index contributed by atoms with van der Waals surface area (Å²) in [6.45, 7) is 4.59. The lowest BCUT2D eigenvalue weighted by Crippen LogP contribution is -2.37. The molecule has 1 saturated heterocycles. The monoisotopic (exact) mass is 451 g/mol. The highest BCUT2D eigenvalue weighted by Crippen LogP contribution is 2.38. The molecule has 0 spiro atoms. The van der Waals surface area contributed by atoms with Gasteiger partial charge in [-0.2, -0.15) is 0 Å². The van der Waals surface area contributed by atoms with Gasteiger partial charge in [0, 0.05) is 18.7 Å². The van der Waals surface area contributed by atoms with E-state index < -0.39 is 0 Å². The zero-order valence-electron chi connectivity index (χ0n) is 15.5. The first-order valence-electron chi connectivity index (χ1n) is 9.02. The molecule has 0 aromatic heterocycles. The highest BCUT2D eigenvalue weighted by Gasteiger charge is 2.21. The molecule has 144 valence electrons. The van der Waals surface area contributed by atoms with E-state index in [2.05, 4.69) is 27.8 Å². The van der Waals surface area contributed by atoms with Crippen molar-refractivity contribution in [3.05, 3.63) is 57.8 Å². The molecule has 3 nitrogen and oxygen atoms in total. The number of ether oxygens (including phenoxy) is 2. The van der Waals surface area contributed by atoms with Crippen LogP contribution in [0.25, 0.3) is 0 Å². The molecule has 0 saturated carbocycles. The summed E-state index contributed by atoms with van der Waals surface area (Å²) in [6, 6.07) is 10.2. The van der Waals surface area contributed by atoms with Crippen LogP contribution in [0.5, 0.6) is 11.5 Å². The first kappa shape index (κ1) is 20.1. The SMILES string of the molecule is COc1cc(C(=S)N2CCC(C)CC2)cc(Br)c1OCc1ccc(F)cc1. The largest absolute Gasteiger partial charge is 0.493 e. The molecule has 0 amide bonds. The Labute approximate surface area is 173 Å². The van der Waals surface area contributed by atoms with E-state index in [1.54, 1.807) is 19.2 Å². The van der Waals surface area contributed by atoms with Crippen LogP contribution in [-0.2, 0) is 6.61 Å². The van der Waals surface area contributed by atoms with Crippen molar-refractivity contribution in [3.8, 4) is 11.5 Å². The second kappa shape index (κ2) is 9.02. The maximum Gasteiger partial charge on any atom is 0.175 e. The molecule has 0 atom stereocenters. The number of rotatable bonds is 5. The van der Waals surface area contributed by atoms with Crippen LogP contribution in [-0.4, -0.2) is 30.1 Å². The van der Waals surface area contributed by atoms with E-state index in [9.17, 15) is 4.39 Å². The van der Waals surface area contributed by atoms with E-state index >= 15 is 0 Å². The van der Waals surface area contributed by atoms with Gasteiger partial charge in [-0.1, -0.05) is 31.3 Å². The number of methoxy groups -OCH3 is 1. The number of hydrogen-bond donors (Lipinski definition) is 0. The van der Waals surface area contributed by atoms with Crippen LogP contribution in [0, 0.1) is 11.7 Å². The maximum atomic E-state index is 13.0. The van der Waals surface area contributed by atoms with Crippen molar-refractivity contribution in [2.24, 2.45) is 5.92 Å². The number of thiocarbonyl (C=S) groups is 1. The number of piperidine rings is 1. The summed E-state index contributed by atoms with van der Waals surface area (Å²) < 4.78 is 25.3. The Morgan fingerprint density at radius 3 is 2.52 bits per heavy atom. The van der Waals surface area contributed by atoms with Gasteiger partial charge in [0.1, 0.15) is 17.4 Å². The van der Waals surface area contributed by atoms with Crippen molar-refractivity contribution >= 4 is 33.1 Å². The third-order valence-electron chi connectivity index (χ3n) is 4.84. The molecule has 1 aliphatic heterocycles. The normalized spacial score (nSPS) is 14.9. The number of nitrogens with zero attached hydrogens (tertiary/aromatic N) is 1. The Hall–Kier alpha value is -1.66. The predicted molar refractivity (Wildman–Crippen MR) is 113 cm³/mol. The van der Waals surface area contributed by atoms with Gasteiger partial charge in [0.25, 0.3) is 0 Å². The minimum absolute atomic E-state index is 0.262. The summed E-state index contributed by atoms with van der Waals surface area (Å²) in [5.41, 5.74) is 1.82. The van der Waals surface area contributed by atoms with Gasteiger partial charge >= 0.3 is 0 Å². The standard InChI is InChI=1S/C21H23BrFNO2S/c1-14-7-9-24(10-8-14)21(27)16-11-18(22)20(19(12-16)25-2)26-13-15-3-5-17(23)6-4-15/h3-6,11-12,14H,7-10,13H2,1-2H3. The molecule has 1 heterocycles. The van der Waals surface area contributed by atoms with Gasteiger partial charge in [0.05, 0.1) is 11.6 Å². The Bertz CT molecular complexity index is 805. The van der Waals surface area contributed by atoms with Crippen LogP contribution in [0.4, 0.5) is 4.39 Å². The summed E-state index contributed by atoms with van der Waals surface area (Å²) >= 11 is 9.30. The van der Waals surface area contributed by atoms with Gasteiger partial charge < -0.3 is 14.4 Å². The highest BCUT2D eigenvalue weighted by atomic mass is 79.9. The van der Waals surface area contributed by atoms with Crippen molar-refractivity contribution in [3.63, 3.8) is 0 Å². The second-order valence-corrected chi connectivity index (χ2v) is 8.12. The molecule has 0 radical (unpaired) electrons. The fraction of sp³-hybridized carbons (Fsp3) is 0.381. The number of likely N-dealkylation sites (tertiary alicyclic amines) is 1. The summed E-state index contributed by atoms with van der Waals surface area (Å²) in [4.78, 5) is 3.10. The maximum absolute atomic E-state index is 13.0. The van der Waals surface area contributed by atoms with Gasteiger partial charge in [-0.15, -0.1) is 0 Å². The Balaban J connectivity index is 1.76. The number of halogens is 2. The molecule has 1 fully saturated rings. The molecular formula is C21H23BrFNO2S. The molecule has 6 heteroatoms. The summed E-state index contributed by atoms with van der Waals surface area (Å²) in [7, 11) is 1.61. The van der Waals surface area contributed by atoms with Crippen LogP contribution in [0.3, 0.4) is 0 Å². The summed E-state index contributed by atoms with van der Waals surface area (Å²) in [6.07, 6.45) is 2.33. The highest BCUT2D eigenvalue weighted by molar-refractivity contribution is 9.10. The minimum Gasteiger partial charge on any atom is -0.493 e. The molecule has 0 N–H and O–H groups in total. The molecule has 0 unspecified atom stereocenters. The van der Waals surface area contributed by atoms with Crippen LogP contribution in [0.2, 0.25) is 0 Å². The van der Waals surface area contributed by atoms with E-state index in [0.717, 1.165) is 52.4 Å². The van der Waals surface area contributed by atoms with E-state index in [4.69, 9.17) is 21.7 Å². The van der Waals surface area contributed by atoms with Crippen molar-refractivity contribution in [2.45, 2.75) is 26.4 Å². The van der Waals surface area contributed by atoms with Crippen LogP contribution >= 0.6 is 28.1 Å². The first-order chi connectivity index (χ1) is 13.0. The van der Waals surface area contributed by atoms with Crippen LogP contribution in [0.1, 0.15) is 30.9 Å². The van der Waals surface area contributed by atoms with Gasteiger partial charge in [0.2, 0.25) is 0 Å². The van der Waals surface area contributed by atoms with Crippen molar-refractivity contribution < 1.29 is 13.9 Å². The Morgan fingerprint density at radius 2 is 1.89 bits per heavy atom. The zero-order valence-corrected chi connectivity index (χ0v) is 17.9. The molecule has 1 aliphatic rings. The lowest BCUT2D eigenvalue weighted by atomic mass is 9.99. The van der Waals surface area contributed by atoms with Gasteiger partial charge in [-0.3, -0.25) is 0 Å². The molecule has 2 aromatic rings. The van der Waals surface area contributed by atoms with Crippen LogP contribution < -0.4 is 9.47 Å². The molecule has 3 rings (SSSR count). The van der Waals surface area contributed by atoms with Crippen LogP contribution in [0.15, 0.2) is 40.9 Å². The van der Waals surface area contributed by atoms with E-state index in [1.807, 2.05) is 12.1 Å². The summed E-state index contributed by atoms with van der Waals surface area (Å²) in [5, 5.41) is 0. The van der Waals surface area contributed by atoms with Crippen molar-refractivity contribution in [1.82, 2.24) is 4.90 Å². The number of hydrogen-bond acceptors (Lipinski definition) is 3. The fourth-order valence-corrected chi connectivity index (χ4v) is 3.97. The average molecular weight is 452 g/mol. The molecule has 2 aromatic carbocycles. The van der Waals surface area contributed by atoms with Gasteiger partial charge in [-0.05, 0) is 64.5 Å². The lowest BCUT2D eigenvalue weighted by Gasteiger charge is -2.32. The molecule has 27 heavy (non-hydrogen) atoms. The van der Waals surface area contributed by atoms with Gasteiger partial charge in [-0.25, -0.2) is 4.39 Å². The third-order valence-corrected chi connectivity index (χ3v) is 5.93. The molecular weight excluding hydrogens is 429 g/mol. The average Bonchev–Trinajstić information content (AvgIpc) is 2.67. The Morgan fingerprint density at radius 1 is 1.22 bits per heavy atom. The smallest absolute Gasteiger partial charge is 0.175 e. The Kier molecular flexibility index (Phi) is 6.71. The molecule has 0 aliphatic carbocycles. The zero-order chi connectivity index (χ0) is 19.4. The number of benzene rings is 2. The van der Waals surface area contributed by atoms with Crippen molar-refractivity contribution in [2.75, 3.05) is 20.2 Å². The molecule has 0 bridgehead atoms. The predicted octanol–water partition coefficient (Wildman–Crippen LogP) is 5.58.